The first kappa shape index (κ1) is 25.9. The van der Waals surface area contributed by atoms with Crippen molar-refractivity contribution >= 4 is 39.9 Å². The van der Waals surface area contributed by atoms with Crippen molar-refractivity contribution in [1.29, 1.82) is 0 Å². The van der Waals surface area contributed by atoms with Crippen LogP contribution in [0.5, 0.6) is 5.75 Å². The first-order valence-electron chi connectivity index (χ1n) is 12.4. The van der Waals surface area contributed by atoms with Gasteiger partial charge in [0.05, 0.1) is 16.6 Å². The molecule has 1 unspecified atom stereocenters. The molecule has 1 N–H and O–H groups in total. The zero-order valence-corrected chi connectivity index (χ0v) is 22.1. The van der Waals surface area contributed by atoms with Crippen molar-refractivity contribution in [2.24, 2.45) is 4.99 Å². The van der Waals surface area contributed by atoms with Gasteiger partial charge in [-0.05, 0) is 80.7 Å². The first-order valence-corrected chi connectivity index (χ1v) is 12.8. The maximum Gasteiger partial charge on any atom is 0.188 e. The highest BCUT2D eigenvalue weighted by atomic mass is 35.5. The van der Waals surface area contributed by atoms with Crippen molar-refractivity contribution in [1.82, 2.24) is 14.9 Å². The number of benzene rings is 3. The van der Waals surface area contributed by atoms with Crippen LogP contribution in [0.25, 0.3) is 10.9 Å². The summed E-state index contributed by atoms with van der Waals surface area (Å²) in [7, 11) is 4.13. The summed E-state index contributed by atoms with van der Waals surface area (Å²) in [6.45, 7) is 1.83. The van der Waals surface area contributed by atoms with E-state index in [1.165, 1.54) is 18.5 Å². The summed E-state index contributed by atoms with van der Waals surface area (Å²) in [6.07, 6.45) is 3.13. The van der Waals surface area contributed by atoms with Gasteiger partial charge in [0, 0.05) is 17.5 Å². The Morgan fingerprint density at radius 2 is 1.97 bits per heavy atom. The van der Waals surface area contributed by atoms with Crippen molar-refractivity contribution in [3.8, 4) is 5.75 Å². The number of nitrogens with zero attached hydrogens (tertiary/aromatic N) is 4. The molecule has 0 bridgehead atoms. The maximum absolute atomic E-state index is 13.4. The molecule has 9 heteroatoms. The predicted octanol–water partition coefficient (Wildman–Crippen LogP) is 6.04. The lowest BCUT2D eigenvalue weighted by atomic mass is 10.1. The second-order valence-electron chi connectivity index (χ2n) is 9.52. The molecule has 0 saturated carbocycles. The smallest absolute Gasteiger partial charge is 0.188 e. The molecule has 4 aromatic rings. The molecule has 0 radical (unpaired) electrons. The van der Waals surface area contributed by atoms with Gasteiger partial charge >= 0.3 is 0 Å². The predicted molar refractivity (Wildman–Crippen MR) is 149 cm³/mol. The standard InChI is InChI=1S/C29H29ClFN5O2/c1-36(2)11-10-23-17-38-28(34-23)14-19-6-8-26-24(13-19)29(33-18-32-26)35-22-7-9-27(25(30)15-22)37-16-20-4-3-5-21(31)12-20/h3-9,12-13,15,18,23H,10-11,14,16-17H2,1-2H3,(H,32,33,35). The lowest BCUT2D eigenvalue weighted by Crippen LogP contribution is -2.19. The molecule has 0 saturated heterocycles. The van der Waals surface area contributed by atoms with Crippen molar-refractivity contribution in [2.75, 3.05) is 32.6 Å². The van der Waals surface area contributed by atoms with Crippen LogP contribution in [0.1, 0.15) is 17.5 Å². The summed E-state index contributed by atoms with van der Waals surface area (Å²) in [6, 6.07) is 18.0. The van der Waals surface area contributed by atoms with E-state index in [1.807, 2.05) is 18.2 Å². The number of aliphatic imine (C=N–C) groups is 1. The summed E-state index contributed by atoms with van der Waals surface area (Å²) in [5.74, 6) is 1.64. The van der Waals surface area contributed by atoms with Gasteiger partial charge in [-0.15, -0.1) is 0 Å². The summed E-state index contributed by atoms with van der Waals surface area (Å²) in [5, 5.41) is 4.66. The van der Waals surface area contributed by atoms with Gasteiger partial charge in [-0.2, -0.15) is 0 Å². The van der Waals surface area contributed by atoms with Gasteiger partial charge in [0.2, 0.25) is 0 Å². The summed E-state index contributed by atoms with van der Waals surface area (Å²) >= 11 is 6.48. The van der Waals surface area contributed by atoms with Crippen LogP contribution in [0.4, 0.5) is 15.9 Å². The fraction of sp³-hybridized carbons (Fsp3) is 0.276. The van der Waals surface area contributed by atoms with Crippen molar-refractivity contribution < 1.29 is 13.9 Å². The largest absolute Gasteiger partial charge is 0.487 e. The Morgan fingerprint density at radius 3 is 2.79 bits per heavy atom. The van der Waals surface area contributed by atoms with E-state index in [9.17, 15) is 4.39 Å². The molecule has 5 rings (SSSR count). The van der Waals surface area contributed by atoms with E-state index in [4.69, 9.17) is 26.1 Å². The van der Waals surface area contributed by atoms with Gasteiger partial charge in [0.1, 0.15) is 36.9 Å². The topological polar surface area (TPSA) is 71.9 Å². The quantitative estimate of drug-likeness (QED) is 0.268. The van der Waals surface area contributed by atoms with Gasteiger partial charge in [0.15, 0.2) is 5.90 Å². The van der Waals surface area contributed by atoms with Crippen LogP contribution in [-0.4, -0.2) is 54.1 Å². The molecule has 0 amide bonds. The number of ether oxygens (including phenoxy) is 2. The summed E-state index contributed by atoms with van der Waals surface area (Å²) in [5.41, 5.74) is 3.38. The Balaban J connectivity index is 1.28. The minimum absolute atomic E-state index is 0.207. The van der Waals surface area contributed by atoms with E-state index in [-0.39, 0.29) is 18.5 Å². The molecule has 2 heterocycles. The lowest BCUT2D eigenvalue weighted by Gasteiger charge is -2.12. The average molecular weight is 534 g/mol. The molecule has 1 aliphatic heterocycles. The highest BCUT2D eigenvalue weighted by Crippen LogP contribution is 2.31. The van der Waals surface area contributed by atoms with E-state index in [0.29, 0.717) is 29.6 Å². The molecule has 0 fully saturated rings. The monoisotopic (exact) mass is 533 g/mol. The van der Waals surface area contributed by atoms with Crippen LogP contribution >= 0.6 is 11.6 Å². The zero-order chi connectivity index (χ0) is 26.5. The number of halogens is 2. The van der Waals surface area contributed by atoms with Crippen molar-refractivity contribution in [2.45, 2.75) is 25.5 Å². The van der Waals surface area contributed by atoms with Crippen LogP contribution in [0.15, 0.2) is 72.0 Å². The number of fused-ring (bicyclic) bond motifs is 1. The Hall–Kier alpha value is -3.75. The third-order valence-electron chi connectivity index (χ3n) is 6.21. The van der Waals surface area contributed by atoms with E-state index >= 15 is 0 Å². The summed E-state index contributed by atoms with van der Waals surface area (Å²) in [4.78, 5) is 15.8. The minimum atomic E-state index is -0.301. The third-order valence-corrected chi connectivity index (χ3v) is 6.51. The van der Waals surface area contributed by atoms with Crippen LogP contribution in [0.2, 0.25) is 5.02 Å². The Bertz CT molecular complexity index is 1460. The highest BCUT2D eigenvalue weighted by Gasteiger charge is 2.19. The van der Waals surface area contributed by atoms with Crippen LogP contribution in [0.3, 0.4) is 0 Å². The van der Waals surface area contributed by atoms with Gasteiger partial charge in [-0.25, -0.2) is 19.4 Å². The minimum Gasteiger partial charge on any atom is -0.487 e. The SMILES string of the molecule is CN(C)CCC1COC(Cc2ccc3ncnc(Nc4ccc(OCc5cccc(F)c5)c(Cl)c4)c3c2)=N1. The molecular formula is C29H29ClFN5O2. The number of hydrogen-bond donors (Lipinski definition) is 1. The van der Waals surface area contributed by atoms with Crippen LogP contribution in [0, 0.1) is 5.82 Å². The Morgan fingerprint density at radius 1 is 1.08 bits per heavy atom. The Labute approximate surface area is 226 Å². The molecule has 1 aromatic heterocycles. The molecule has 3 aromatic carbocycles. The zero-order valence-electron chi connectivity index (χ0n) is 21.3. The van der Waals surface area contributed by atoms with E-state index in [2.05, 4.69) is 40.3 Å². The number of rotatable bonds is 10. The highest BCUT2D eigenvalue weighted by molar-refractivity contribution is 6.32. The molecule has 1 atom stereocenters. The second kappa shape index (κ2) is 11.8. The third kappa shape index (κ3) is 6.57. The van der Waals surface area contributed by atoms with Gasteiger partial charge in [0.25, 0.3) is 0 Å². The van der Waals surface area contributed by atoms with E-state index in [0.717, 1.165) is 46.6 Å². The molecule has 0 aliphatic carbocycles. The Kier molecular flexibility index (Phi) is 8.00. The van der Waals surface area contributed by atoms with Crippen LogP contribution in [-0.2, 0) is 17.8 Å². The van der Waals surface area contributed by atoms with Crippen LogP contribution < -0.4 is 10.1 Å². The number of nitrogens with one attached hydrogen (secondary N) is 1. The first-order chi connectivity index (χ1) is 18.4. The van der Waals surface area contributed by atoms with Gasteiger partial charge in [-0.1, -0.05) is 29.8 Å². The van der Waals surface area contributed by atoms with Crippen molar-refractivity contribution in [3.63, 3.8) is 0 Å². The number of aromatic nitrogens is 2. The van der Waals surface area contributed by atoms with Gasteiger partial charge < -0.3 is 19.7 Å². The fourth-order valence-electron chi connectivity index (χ4n) is 4.23. The fourth-order valence-corrected chi connectivity index (χ4v) is 4.47. The second-order valence-corrected chi connectivity index (χ2v) is 9.93. The van der Waals surface area contributed by atoms with Crippen molar-refractivity contribution in [3.05, 3.63) is 89.0 Å². The number of anilines is 2. The molecule has 1 aliphatic rings. The average Bonchev–Trinajstić information content (AvgIpc) is 3.34. The normalized spacial score (nSPS) is 15.0. The summed E-state index contributed by atoms with van der Waals surface area (Å²) < 4.78 is 25.1. The molecular weight excluding hydrogens is 505 g/mol. The molecule has 38 heavy (non-hydrogen) atoms. The molecule has 0 spiro atoms. The van der Waals surface area contributed by atoms with E-state index in [1.54, 1.807) is 24.3 Å². The maximum atomic E-state index is 13.4. The van der Waals surface area contributed by atoms with Gasteiger partial charge in [-0.3, -0.25) is 0 Å². The molecule has 196 valence electrons. The number of hydrogen-bond acceptors (Lipinski definition) is 7. The molecule has 7 nitrogen and oxygen atoms in total. The lowest BCUT2D eigenvalue weighted by molar-refractivity contribution is 0.291. The van der Waals surface area contributed by atoms with E-state index < -0.39 is 0 Å².